The van der Waals surface area contributed by atoms with E-state index in [-0.39, 0.29) is 28.0 Å². The van der Waals surface area contributed by atoms with E-state index >= 15 is 0 Å². The van der Waals surface area contributed by atoms with Gasteiger partial charge in [-0.15, -0.1) is 11.3 Å². The van der Waals surface area contributed by atoms with Gasteiger partial charge in [0.25, 0.3) is 0 Å². The summed E-state index contributed by atoms with van der Waals surface area (Å²) in [6, 6.07) is 9.77. The molecular formula is C19H19ClN2O4S2. The molecule has 6 nitrogen and oxygen atoms in total. The van der Waals surface area contributed by atoms with Gasteiger partial charge >= 0.3 is 0 Å². The van der Waals surface area contributed by atoms with Crippen LogP contribution in [0.1, 0.15) is 13.8 Å². The highest BCUT2D eigenvalue weighted by Crippen LogP contribution is 2.37. The molecule has 0 unspecified atom stereocenters. The van der Waals surface area contributed by atoms with Crippen molar-refractivity contribution in [3.8, 4) is 10.8 Å². The number of benzene rings is 1. The van der Waals surface area contributed by atoms with Crippen LogP contribution in [0.3, 0.4) is 0 Å². The smallest absolute Gasteiger partial charge is 0.240 e. The molecule has 0 N–H and O–H groups in total. The molecule has 1 aliphatic rings. The molecular weight excluding hydrogens is 420 g/mol. The number of oxazole rings is 1. The maximum absolute atomic E-state index is 13.3. The van der Waals surface area contributed by atoms with E-state index in [4.69, 9.17) is 20.8 Å². The van der Waals surface area contributed by atoms with Crippen molar-refractivity contribution in [3.05, 3.63) is 46.8 Å². The van der Waals surface area contributed by atoms with Crippen LogP contribution in [0.15, 0.2) is 56.1 Å². The molecule has 0 spiro atoms. The fourth-order valence-electron chi connectivity index (χ4n) is 3.25. The molecule has 148 valence electrons. The van der Waals surface area contributed by atoms with Crippen LogP contribution >= 0.6 is 22.9 Å². The van der Waals surface area contributed by atoms with Crippen LogP contribution in [0.2, 0.25) is 5.02 Å². The van der Waals surface area contributed by atoms with E-state index in [1.807, 2.05) is 36.3 Å². The van der Waals surface area contributed by atoms with Gasteiger partial charge in [-0.1, -0.05) is 17.7 Å². The number of morpholine rings is 1. The van der Waals surface area contributed by atoms with Gasteiger partial charge in [-0.3, -0.25) is 0 Å². The minimum Gasteiger partial charge on any atom is -0.418 e. The largest absolute Gasteiger partial charge is 0.418 e. The number of ether oxygens (including phenoxy) is 1. The maximum atomic E-state index is 13.3. The first-order valence-corrected chi connectivity index (χ1v) is 11.5. The topological polar surface area (TPSA) is 72.6 Å². The normalized spacial score (nSPS) is 20.5. The van der Waals surface area contributed by atoms with Crippen LogP contribution in [0, 0.1) is 0 Å². The van der Waals surface area contributed by atoms with E-state index in [2.05, 4.69) is 4.98 Å². The molecule has 4 rings (SSSR count). The average molecular weight is 439 g/mol. The second-order valence-corrected chi connectivity index (χ2v) is 9.98. The van der Waals surface area contributed by atoms with Gasteiger partial charge in [0, 0.05) is 18.1 Å². The lowest BCUT2D eigenvalue weighted by Gasteiger charge is -2.35. The number of hydrogen-bond acceptors (Lipinski definition) is 7. The number of halogens is 1. The van der Waals surface area contributed by atoms with Crippen LogP contribution in [0.5, 0.6) is 0 Å². The molecule has 0 radical (unpaired) electrons. The van der Waals surface area contributed by atoms with Gasteiger partial charge in [-0.25, -0.2) is 8.42 Å². The Balaban J connectivity index is 1.84. The Hall–Kier alpha value is -1.87. The first-order chi connectivity index (χ1) is 13.3. The van der Waals surface area contributed by atoms with Crippen LogP contribution in [-0.2, 0) is 14.6 Å². The van der Waals surface area contributed by atoms with Crippen molar-refractivity contribution >= 4 is 38.7 Å². The molecule has 2 aromatic heterocycles. The monoisotopic (exact) mass is 438 g/mol. The number of anilines is 1. The lowest BCUT2D eigenvalue weighted by atomic mass is 10.2. The second-order valence-electron chi connectivity index (χ2n) is 6.73. The number of aromatic nitrogens is 1. The van der Waals surface area contributed by atoms with Crippen molar-refractivity contribution < 1.29 is 17.6 Å². The maximum Gasteiger partial charge on any atom is 0.240 e. The van der Waals surface area contributed by atoms with Gasteiger partial charge in [0.05, 0.1) is 22.0 Å². The molecule has 0 aliphatic carbocycles. The summed E-state index contributed by atoms with van der Waals surface area (Å²) in [5.41, 5.74) is 0. The molecule has 1 aliphatic heterocycles. The molecule has 3 aromatic rings. The van der Waals surface area contributed by atoms with E-state index in [9.17, 15) is 8.42 Å². The summed E-state index contributed by atoms with van der Waals surface area (Å²) in [6.07, 6.45) is -0.102. The molecule has 0 amide bonds. The van der Waals surface area contributed by atoms with Crippen molar-refractivity contribution in [2.45, 2.75) is 36.0 Å². The van der Waals surface area contributed by atoms with Gasteiger partial charge in [-0.2, -0.15) is 4.98 Å². The van der Waals surface area contributed by atoms with Crippen molar-refractivity contribution in [2.75, 3.05) is 18.0 Å². The van der Waals surface area contributed by atoms with Crippen molar-refractivity contribution in [1.82, 2.24) is 4.98 Å². The first kappa shape index (κ1) is 19.4. The Morgan fingerprint density at radius 1 is 1.14 bits per heavy atom. The number of sulfone groups is 1. The number of thiophene rings is 1. The molecule has 0 saturated carbocycles. The zero-order valence-corrected chi connectivity index (χ0v) is 17.7. The Bertz CT molecular complexity index is 1050. The highest BCUT2D eigenvalue weighted by atomic mass is 35.5. The lowest BCUT2D eigenvalue weighted by Crippen LogP contribution is -2.45. The van der Waals surface area contributed by atoms with Gasteiger partial charge in [0.2, 0.25) is 26.6 Å². The fraction of sp³-hybridized carbons (Fsp3) is 0.316. The number of hydrogen-bond donors (Lipinski definition) is 0. The summed E-state index contributed by atoms with van der Waals surface area (Å²) in [7, 11) is -3.88. The minimum atomic E-state index is -3.88. The quantitative estimate of drug-likeness (QED) is 0.597. The van der Waals surface area contributed by atoms with E-state index in [0.29, 0.717) is 24.0 Å². The van der Waals surface area contributed by atoms with Crippen LogP contribution < -0.4 is 4.90 Å². The molecule has 2 atom stereocenters. The van der Waals surface area contributed by atoms with Gasteiger partial charge in [-0.05, 0) is 49.6 Å². The molecule has 1 fully saturated rings. The zero-order valence-electron chi connectivity index (χ0n) is 15.3. The molecule has 28 heavy (non-hydrogen) atoms. The minimum absolute atomic E-state index is 0.0508. The van der Waals surface area contributed by atoms with Crippen LogP contribution in [-0.4, -0.2) is 38.7 Å². The summed E-state index contributed by atoms with van der Waals surface area (Å²) in [5.74, 6) is 0.546. The summed E-state index contributed by atoms with van der Waals surface area (Å²) in [5, 5.41) is 2.28. The van der Waals surface area contributed by atoms with Crippen molar-refractivity contribution in [2.24, 2.45) is 0 Å². The molecule has 1 saturated heterocycles. The standard InChI is InChI=1S/C19H19ClN2O4S2/c1-12-10-22(11-13(2)25-12)19-18(21-17(26-19)16-4-3-9-27-16)28(23,24)15-7-5-14(20)6-8-15/h3-9,12-13H,10-11H2,1-2H3/t12-,13-/m1/s1. The van der Waals surface area contributed by atoms with Crippen LogP contribution in [0.4, 0.5) is 5.88 Å². The molecule has 0 bridgehead atoms. The predicted molar refractivity (Wildman–Crippen MR) is 109 cm³/mol. The summed E-state index contributed by atoms with van der Waals surface area (Å²) in [4.78, 5) is 7.18. The molecule has 3 heterocycles. The number of rotatable bonds is 4. The molecule has 9 heteroatoms. The van der Waals surface area contributed by atoms with Gasteiger partial charge < -0.3 is 14.1 Å². The zero-order chi connectivity index (χ0) is 19.9. The van der Waals surface area contributed by atoms with Gasteiger partial charge in [0.1, 0.15) is 0 Å². The Kier molecular flexibility index (Phi) is 5.22. The summed E-state index contributed by atoms with van der Waals surface area (Å²) >= 11 is 7.36. The third-order valence-corrected chi connectivity index (χ3v) is 7.17. The second kappa shape index (κ2) is 7.51. The van der Waals surface area contributed by atoms with E-state index in [0.717, 1.165) is 4.88 Å². The Labute approximate surface area is 172 Å². The Morgan fingerprint density at radius 2 is 1.82 bits per heavy atom. The third-order valence-electron chi connectivity index (χ3n) is 4.40. The fourth-order valence-corrected chi connectivity index (χ4v) is 5.34. The van der Waals surface area contributed by atoms with Gasteiger partial charge in [0.15, 0.2) is 0 Å². The van der Waals surface area contributed by atoms with E-state index < -0.39 is 9.84 Å². The lowest BCUT2D eigenvalue weighted by molar-refractivity contribution is -0.00657. The summed E-state index contributed by atoms with van der Waals surface area (Å²) < 4.78 is 38.4. The summed E-state index contributed by atoms with van der Waals surface area (Å²) in [6.45, 7) is 4.94. The van der Waals surface area contributed by atoms with Crippen LogP contribution in [0.25, 0.3) is 10.8 Å². The Morgan fingerprint density at radius 3 is 2.43 bits per heavy atom. The number of nitrogens with zero attached hydrogens (tertiary/aromatic N) is 2. The van der Waals surface area contributed by atoms with Crippen molar-refractivity contribution in [1.29, 1.82) is 0 Å². The highest BCUT2D eigenvalue weighted by molar-refractivity contribution is 7.91. The highest BCUT2D eigenvalue weighted by Gasteiger charge is 2.34. The average Bonchev–Trinajstić information content (AvgIpc) is 3.31. The molecule has 1 aromatic carbocycles. The third kappa shape index (κ3) is 3.69. The SMILES string of the molecule is C[C@@H]1CN(c2oc(-c3cccs3)nc2S(=O)(=O)c2ccc(Cl)cc2)C[C@@H](C)O1. The van der Waals surface area contributed by atoms with E-state index in [1.165, 1.54) is 23.5 Å². The first-order valence-electron chi connectivity index (χ1n) is 8.80. The predicted octanol–water partition coefficient (Wildman–Crippen LogP) is 4.50. The van der Waals surface area contributed by atoms with E-state index in [1.54, 1.807) is 12.1 Å². The van der Waals surface area contributed by atoms with Crippen molar-refractivity contribution in [3.63, 3.8) is 0 Å².